The first-order chi connectivity index (χ1) is 19.6. The van der Waals surface area contributed by atoms with E-state index < -0.39 is 61.3 Å². The molecular formula is C26H14Cl9FN2O4. The molecule has 5 rings (SSSR count). The number of carbonyl (C=O) groups is 4. The number of hydrogen-bond donors (Lipinski definition) is 0. The van der Waals surface area contributed by atoms with Gasteiger partial charge in [0.05, 0.1) is 32.5 Å². The minimum absolute atomic E-state index is 0.0400. The smallest absolute Gasteiger partial charge is 0.275 e. The maximum absolute atomic E-state index is 14.2. The third kappa shape index (κ3) is 4.26. The van der Waals surface area contributed by atoms with E-state index in [1.165, 1.54) is 30.3 Å². The SMILES string of the molecule is O=C(c1ccc(F)cc1)[C@@H](CCCl)N(C(=O)c1ccc(Cl)cc1Cl)N1C(=O)[C@@H]2[C@H](C1=O)[C@@]1(Cl)C(Cl)=C(Cl)[C@@]2(Cl)C1(Cl)Cl. The second kappa shape index (κ2) is 11.1. The van der Waals surface area contributed by atoms with Crippen molar-refractivity contribution < 1.29 is 23.6 Å². The Bertz CT molecular complexity index is 1540. The molecule has 2 fully saturated rings. The van der Waals surface area contributed by atoms with Crippen LogP contribution in [0.25, 0.3) is 0 Å². The molecule has 2 aromatic carbocycles. The number of ketones is 1. The van der Waals surface area contributed by atoms with Gasteiger partial charge in [-0.15, -0.1) is 34.8 Å². The Labute approximate surface area is 283 Å². The van der Waals surface area contributed by atoms with Gasteiger partial charge in [-0.25, -0.2) is 9.40 Å². The van der Waals surface area contributed by atoms with Crippen LogP contribution in [0.4, 0.5) is 4.39 Å². The van der Waals surface area contributed by atoms with E-state index in [1.807, 2.05) is 0 Å². The third-order valence-corrected chi connectivity index (χ3v) is 12.6. The zero-order chi connectivity index (χ0) is 31.1. The molecule has 16 heteroatoms. The van der Waals surface area contributed by atoms with Crippen molar-refractivity contribution in [3.63, 3.8) is 0 Å². The Kier molecular flexibility index (Phi) is 8.57. The van der Waals surface area contributed by atoms with Gasteiger partial charge >= 0.3 is 0 Å². The number of amides is 3. The van der Waals surface area contributed by atoms with Crippen LogP contribution >= 0.6 is 104 Å². The van der Waals surface area contributed by atoms with Gasteiger partial charge in [-0.05, 0) is 48.9 Å². The average molecular weight is 756 g/mol. The van der Waals surface area contributed by atoms with Crippen LogP contribution in [0, 0.1) is 17.7 Å². The van der Waals surface area contributed by atoms with Crippen LogP contribution in [0.3, 0.4) is 0 Å². The molecule has 2 aliphatic carbocycles. The summed E-state index contributed by atoms with van der Waals surface area (Å²) >= 11 is 58.0. The number of alkyl halides is 5. The molecule has 0 aromatic heterocycles. The van der Waals surface area contributed by atoms with Crippen molar-refractivity contribution >= 4 is 128 Å². The Morgan fingerprint density at radius 2 is 1.40 bits per heavy atom. The molecule has 5 atom stereocenters. The minimum atomic E-state index is -2.22. The summed E-state index contributed by atoms with van der Waals surface area (Å²) in [5, 5.41) is 0.454. The van der Waals surface area contributed by atoms with Crippen molar-refractivity contribution in [2.24, 2.45) is 11.8 Å². The van der Waals surface area contributed by atoms with Crippen LogP contribution in [-0.4, -0.2) is 59.5 Å². The van der Waals surface area contributed by atoms with E-state index in [1.54, 1.807) is 0 Å². The number of Topliss-reactive ketones (excluding diaryl/α,β-unsaturated/α-hetero) is 1. The van der Waals surface area contributed by atoms with Crippen LogP contribution < -0.4 is 0 Å². The van der Waals surface area contributed by atoms with Crippen molar-refractivity contribution in [2.45, 2.75) is 26.5 Å². The molecule has 222 valence electrons. The van der Waals surface area contributed by atoms with Crippen molar-refractivity contribution in [3.05, 3.63) is 79.5 Å². The Morgan fingerprint density at radius 1 is 0.881 bits per heavy atom. The lowest BCUT2D eigenvalue weighted by Crippen LogP contribution is -2.60. The number of allylic oxidation sites excluding steroid dienone is 2. The highest BCUT2D eigenvalue weighted by Crippen LogP contribution is 2.77. The lowest BCUT2D eigenvalue weighted by atomic mass is 9.84. The zero-order valence-electron chi connectivity index (χ0n) is 20.5. The van der Waals surface area contributed by atoms with E-state index in [0.29, 0.717) is 10.0 Å². The van der Waals surface area contributed by atoms with Crippen LogP contribution in [0.2, 0.25) is 10.0 Å². The predicted octanol–water partition coefficient (Wildman–Crippen LogP) is 7.82. The normalized spacial score (nSPS) is 28.4. The van der Waals surface area contributed by atoms with Gasteiger partial charge in [-0.2, -0.15) is 5.01 Å². The van der Waals surface area contributed by atoms with Crippen molar-refractivity contribution in [1.29, 1.82) is 0 Å². The number of rotatable bonds is 7. The summed E-state index contributed by atoms with van der Waals surface area (Å²) in [6.45, 7) is 0. The van der Waals surface area contributed by atoms with E-state index in [0.717, 1.165) is 12.1 Å². The monoisotopic (exact) mass is 752 g/mol. The summed E-state index contributed by atoms with van der Waals surface area (Å²) in [7, 11) is 0. The van der Waals surface area contributed by atoms with Crippen LogP contribution in [0.1, 0.15) is 27.1 Å². The zero-order valence-corrected chi connectivity index (χ0v) is 27.3. The lowest BCUT2D eigenvalue weighted by Gasteiger charge is -2.39. The van der Waals surface area contributed by atoms with Gasteiger partial charge in [0.2, 0.25) is 0 Å². The Morgan fingerprint density at radius 3 is 1.88 bits per heavy atom. The van der Waals surface area contributed by atoms with Gasteiger partial charge in [-0.1, -0.05) is 69.6 Å². The van der Waals surface area contributed by atoms with Gasteiger partial charge in [0, 0.05) is 16.5 Å². The van der Waals surface area contributed by atoms with Crippen LogP contribution in [0.5, 0.6) is 0 Å². The molecule has 6 nitrogen and oxygen atoms in total. The lowest BCUT2D eigenvalue weighted by molar-refractivity contribution is -0.157. The molecular weight excluding hydrogens is 742 g/mol. The molecule has 1 heterocycles. The summed E-state index contributed by atoms with van der Waals surface area (Å²) in [5.41, 5.74) is -0.255. The second-order valence-electron chi connectivity index (χ2n) is 9.71. The molecule has 42 heavy (non-hydrogen) atoms. The Hall–Kier alpha value is -1.000. The fraction of sp³-hybridized carbons (Fsp3) is 0.308. The first-order valence-electron chi connectivity index (χ1n) is 11.9. The predicted molar refractivity (Wildman–Crippen MR) is 162 cm³/mol. The fourth-order valence-corrected chi connectivity index (χ4v) is 9.25. The fourth-order valence-electron chi connectivity index (χ4n) is 5.63. The molecule has 3 amide bonds. The molecule has 0 unspecified atom stereocenters. The van der Waals surface area contributed by atoms with Gasteiger partial charge in [0.25, 0.3) is 17.7 Å². The largest absolute Gasteiger partial charge is 0.292 e. The van der Waals surface area contributed by atoms with E-state index in [-0.39, 0.29) is 43.5 Å². The molecule has 0 spiro atoms. The summed E-state index contributed by atoms with van der Waals surface area (Å²) in [6, 6.07) is 6.71. The van der Waals surface area contributed by atoms with Crippen molar-refractivity contribution in [2.75, 3.05) is 5.88 Å². The molecule has 1 saturated heterocycles. The summed E-state index contributed by atoms with van der Waals surface area (Å²) < 4.78 is 11.4. The number of hydrogen-bond acceptors (Lipinski definition) is 4. The van der Waals surface area contributed by atoms with E-state index >= 15 is 0 Å². The highest BCUT2D eigenvalue weighted by molar-refractivity contribution is 6.66. The maximum atomic E-state index is 14.2. The maximum Gasteiger partial charge on any atom is 0.275 e. The van der Waals surface area contributed by atoms with Gasteiger partial charge in [-0.3, -0.25) is 19.2 Å². The first-order valence-corrected chi connectivity index (χ1v) is 15.5. The highest BCUT2D eigenvalue weighted by atomic mass is 35.5. The molecule has 1 saturated carbocycles. The number of imide groups is 1. The summed E-state index contributed by atoms with van der Waals surface area (Å²) in [4.78, 5) is 52.0. The standard InChI is InChI=1S/C26H14Cl9FN2O4/c27-8-7-15(18(39)10-1-4-12(36)5-2-10)37(21(40)13-6-3-11(28)9-14(13)29)38-22(41)16-17(23(38)42)25(33)20(31)19(30)24(16,32)26(25,34)35/h1-6,9,15-17H,7-8H2/t15-,16-,17+,24-,25-/m1/s1. The molecule has 2 bridgehead atoms. The number of fused-ring (bicyclic) bond motifs is 5. The van der Waals surface area contributed by atoms with Crippen LogP contribution in [-0.2, 0) is 9.59 Å². The van der Waals surface area contributed by atoms with Crippen molar-refractivity contribution in [3.8, 4) is 0 Å². The van der Waals surface area contributed by atoms with E-state index in [9.17, 15) is 23.6 Å². The number of benzene rings is 2. The molecule has 0 N–H and O–H groups in total. The summed E-state index contributed by atoms with van der Waals surface area (Å²) in [6.07, 6.45) is -0.256. The third-order valence-electron chi connectivity index (χ3n) is 7.58. The first kappa shape index (κ1) is 32.4. The quantitative estimate of drug-likeness (QED) is 0.164. The van der Waals surface area contributed by atoms with Gasteiger partial charge in [0.15, 0.2) is 10.1 Å². The molecule has 3 aliphatic rings. The van der Waals surface area contributed by atoms with E-state index in [4.69, 9.17) is 104 Å². The Balaban J connectivity index is 1.69. The van der Waals surface area contributed by atoms with E-state index in [2.05, 4.69) is 0 Å². The molecule has 2 aromatic rings. The number of nitrogens with zero attached hydrogens (tertiary/aromatic N) is 2. The molecule has 1 aliphatic heterocycles. The average Bonchev–Trinajstić information content (AvgIpc) is 3.31. The minimum Gasteiger partial charge on any atom is -0.292 e. The topological polar surface area (TPSA) is 74.8 Å². The number of hydrazine groups is 1. The van der Waals surface area contributed by atoms with Gasteiger partial charge in [0.1, 0.15) is 21.6 Å². The van der Waals surface area contributed by atoms with Crippen molar-refractivity contribution in [1.82, 2.24) is 10.0 Å². The van der Waals surface area contributed by atoms with Crippen LogP contribution in [0.15, 0.2) is 52.5 Å². The highest BCUT2D eigenvalue weighted by Gasteiger charge is 2.88. The second-order valence-corrected chi connectivity index (χ2v) is 14.2. The molecule has 0 radical (unpaired) electrons. The number of halogens is 10. The number of carbonyl (C=O) groups excluding carboxylic acids is 4. The summed E-state index contributed by atoms with van der Waals surface area (Å²) in [5.74, 6) is -8.00. The van der Waals surface area contributed by atoms with Gasteiger partial charge < -0.3 is 0 Å².